The fraction of sp³-hybridized carbons (Fsp3) is 0.111. The fourth-order valence-electron chi connectivity index (χ4n) is 2.78. The topological polar surface area (TPSA) is 154 Å². The number of nitrogens with two attached hydrogens (primary N) is 2. The van der Waals surface area contributed by atoms with Gasteiger partial charge in [-0.05, 0) is 29.8 Å². The molecule has 6 N–H and O–H groups in total. The van der Waals surface area contributed by atoms with Crippen molar-refractivity contribution in [2.45, 2.75) is 16.0 Å². The van der Waals surface area contributed by atoms with Gasteiger partial charge < -0.3 is 5.43 Å². The van der Waals surface area contributed by atoms with Gasteiger partial charge in [-0.1, -0.05) is 24.3 Å². The largest absolute Gasteiger partial charge is 0.451 e. The van der Waals surface area contributed by atoms with E-state index >= 15 is 0 Å². The van der Waals surface area contributed by atoms with E-state index < -0.39 is 22.0 Å². The average Bonchev–Trinajstić information content (AvgIpc) is 2.81. The number of halogens is 3. The van der Waals surface area contributed by atoms with Crippen molar-refractivity contribution in [2.75, 3.05) is 12.5 Å². The first-order valence-corrected chi connectivity index (χ1v) is 11.1. The molecule has 0 spiro atoms. The van der Waals surface area contributed by atoms with Crippen molar-refractivity contribution in [1.82, 2.24) is 14.8 Å². The molecule has 0 aliphatic heterocycles. The third kappa shape index (κ3) is 5.59. The van der Waals surface area contributed by atoms with Crippen LogP contribution in [-0.4, -0.2) is 25.5 Å². The summed E-state index contributed by atoms with van der Waals surface area (Å²) in [7, 11) is -2.60. The predicted octanol–water partition coefficient (Wildman–Crippen LogP) is 2.85. The van der Waals surface area contributed by atoms with Crippen LogP contribution >= 0.6 is 12.0 Å². The van der Waals surface area contributed by atoms with Crippen molar-refractivity contribution in [3.8, 4) is 22.4 Å². The average molecular weight is 503 g/mol. The predicted molar refractivity (Wildman–Crippen MR) is 114 cm³/mol. The Labute approximate surface area is 190 Å². The Morgan fingerprint density at radius 1 is 0.970 bits per heavy atom. The Kier molecular flexibility index (Phi) is 7.53. The number of rotatable bonds is 8. The van der Waals surface area contributed by atoms with Crippen molar-refractivity contribution in [1.29, 1.82) is 0 Å². The molecule has 0 saturated heterocycles. The zero-order chi connectivity index (χ0) is 24.2. The molecule has 0 saturated carbocycles. The van der Waals surface area contributed by atoms with Gasteiger partial charge in [0.15, 0.2) is 5.82 Å². The quantitative estimate of drug-likeness (QED) is 0.156. The maximum Gasteiger partial charge on any atom is 0.451 e. The molecular formula is C18H17F3N6O4S2. The zero-order valence-electron chi connectivity index (χ0n) is 16.8. The number of hydrogen-bond acceptors (Lipinski definition) is 10. The van der Waals surface area contributed by atoms with E-state index in [-0.39, 0.29) is 22.0 Å². The van der Waals surface area contributed by atoms with Gasteiger partial charge in [0.1, 0.15) is 0 Å². The second-order valence-electron chi connectivity index (χ2n) is 6.25. The van der Waals surface area contributed by atoms with E-state index in [9.17, 15) is 21.6 Å². The Morgan fingerprint density at radius 3 is 2.09 bits per heavy atom. The van der Waals surface area contributed by atoms with Crippen LogP contribution in [0.25, 0.3) is 22.4 Å². The maximum absolute atomic E-state index is 13.4. The van der Waals surface area contributed by atoms with Crippen molar-refractivity contribution in [3.05, 3.63) is 54.4 Å². The number of nitrogen functional groups attached to an aromatic ring is 1. The van der Waals surface area contributed by atoms with E-state index in [0.717, 1.165) is 12.0 Å². The number of benzene rings is 2. The summed E-state index contributed by atoms with van der Waals surface area (Å²) in [5, 5.41) is 0. The van der Waals surface area contributed by atoms with Crippen molar-refractivity contribution in [3.63, 3.8) is 0 Å². The second-order valence-corrected chi connectivity index (χ2v) is 8.74. The van der Waals surface area contributed by atoms with Gasteiger partial charge in [-0.15, -0.1) is 0 Å². The monoisotopic (exact) mass is 502 g/mol. The first-order valence-electron chi connectivity index (χ1n) is 8.87. The molecule has 0 aliphatic carbocycles. The number of hydrogen-bond donors (Lipinski definition) is 4. The summed E-state index contributed by atoms with van der Waals surface area (Å²) < 4.78 is 68.9. The first kappa shape index (κ1) is 24.8. The fourth-order valence-corrected chi connectivity index (χ4v) is 3.81. The summed E-state index contributed by atoms with van der Waals surface area (Å²) in [6.07, 6.45) is -4.84. The van der Waals surface area contributed by atoms with E-state index in [1.54, 1.807) is 17.0 Å². The number of anilines is 1. The molecule has 0 radical (unpaired) electrons. The van der Waals surface area contributed by atoms with Crippen LogP contribution in [0.3, 0.4) is 0 Å². The SMILES string of the molecule is COOSc1ccc(-c2nc(C(F)(F)F)nc(NN)c2-c2ccc(S(=O)(=O)NN)cc2)cc1. The minimum Gasteiger partial charge on any atom is -0.308 e. The summed E-state index contributed by atoms with van der Waals surface area (Å²) in [6, 6.07) is 11.5. The highest BCUT2D eigenvalue weighted by Crippen LogP contribution is 2.39. The number of hydrazine groups is 2. The van der Waals surface area contributed by atoms with E-state index in [1.807, 2.05) is 0 Å². The van der Waals surface area contributed by atoms with Crippen molar-refractivity contribution < 1.29 is 30.8 Å². The normalized spacial score (nSPS) is 12.1. The highest BCUT2D eigenvalue weighted by molar-refractivity contribution is 7.94. The van der Waals surface area contributed by atoms with Gasteiger partial charge in [-0.25, -0.2) is 29.1 Å². The van der Waals surface area contributed by atoms with E-state index in [4.69, 9.17) is 16.0 Å². The van der Waals surface area contributed by atoms with Crippen LogP contribution in [0, 0.1) is 0 Å². The van der Waals surface area contributed by atoms with Crippen LogP contribution in [0.2, 0.25) is 0 Å². The van der Waals surface area contributed by atoms with E-state index in [1.165, 1.54) is 43.5 Å². The molecule has 1 aromatic heterocycles. The molecule has 0 bridgehead atoms. The van der Waals surface area contributed by atoms with Gasteiger partial charge in [0, 0.05) is 10.5 Å². The first-order chi connectivity index (χ1) is 15.6. The van der Waals surface area contributed by atoms with E-state index in [0.29, 0.717) is 16.0 Å². The van der Waals surface area contributed by atoms with Crippen LogP contribution in [0.15, 0.2) is 58.3 Å². The molecule has 0 unspecified atom stereocenters. The lowest BCUT2D eigenvalue weighted by Crippen LogP contribution is -2.30. The number of nitrogens with zero attached hydrogens (tertiary/aromatic N) is 2. The van der Waals surface area contributed by atoms with Gasteiger partial charge in [-0.3, -0.25) is 5.84 Å². The van der Waals surface area contributed by atoms with Crippen LogP contribution in [0.1, 0.15) is 5.82 Å². The van der Waals surface area contributed by atoms with Crippen molar-refractivity contribution >= 4 is 27.9 Å². The third-order valence-electron chi connectivity index (χ3n) is 4.23. The Balaban J connectivity index is 2.20. The third-order valence-corrected chi connectivity index (χ3v) is 6.11. The number of sulfonamides is 1. The number of alkyl halides is 3. The molecule has 1 heterocycles. The lowest BCUT2D eigenvalue weighted by molar-refractivity contribution is -0.160. The van der Waals surface area contributed by atoms with Gasteiger partial charge >= 0.3 is 6.18 Å². The molecule has 3 aromatic rings. The molecule has 10 nitrogen and oxygen atoms in total. The molecule has 15 heteroatoms. The maximum atomic E-state index is 13.4. The van der Waals surface area contributed by atoms with Crippen LogP contribution < -0.4 is 21.9 Å². The van der Waals surface area contributed by atoms with Crippen LogP contribution in [0.4, 0.5) is 19.0 Å². The molecule has 0 aliphatic rings. The van der Waals surface area contributed by atoms with Gasteiger partial charge in [0.25, 0.3) is 10.0 Å². The summed E-state index contributed by atoms with van der Waals surface area (Å²) in [6.45, 7) is 0. The molecule has 3 rings (SSSR count). The summed E-state index contributed by atoms with van der Waals surface area (Å²) in [5.41, 5.74) is 2.84. The Hall–Kier alpha value is -2.79. The summed E-state index contributed by atoms with van der Waals surface area (Å²) in [5.74, 6) is 8.80. The van der Waals surface area contributed by atoms with Gasteiger partial charge in [-0.2, -0.15) is 22.3 Å². The zero-order valence-corrected chi connectivity index (χ0v) is 18.4. The molecule has 0 fully saturated rings. The van der Waals surface area contributed by atoms with Gasteiger partial charge in [0.05, 0.1) is 35.3 Å². The highest BCUT2D eigenvalue weighted by atomic mass is 32.2. The highest BCUT2D eigenvalue weighted by Gasteiger charge is 2.36. The Bertz CT molecular complexity index is 1220. The summed E-state index contributed by atoms with van der Waals surface area (Å²) >= 11 is 0.906. The van der Waals surface area contributed by atoms with Crippen LogP contribution in [0.5, 0.6) is 0 Å². The second kappa shape index (κ2) is 10.0. The molecule has 33 heavy (non-hydrogen) atoms. The molecule has 2 aromatic carbocycles. The molecular weight excluding hydrogens is 485 g/mol. The standard InChI is InChI=1S/C18H17F3N6O4S2/c1-30-31-32-12-6-2-11(3-7-12)15-14(16(26-22)25-17(24-15)18(19,20)21)10-4-8-13(9-5-10)33(28,29)27-23/h2-9,27H,22-23H2,1H3,(H,24,25,26). The number of nitrogens with one attached hydrogen (secondary N) is 2. The van der Waals surface area contributed by atoms with Crippen LogP contribution in [-0.2, 0) is 25.4 Å². The van der Waals surface area contributed by atoms with Crippen molar-refractivity contribution in [2.24, 2.45) is 11.7 Å². The molecule has 0 atom stereocenters. The van der Waals surface area contributed by atoms with E-state index in [2.05, 4.69) is 20.3 Å². The summed E-state index contributed by atoms with van der Waals surface area (Å²) in [4.78, 5) is 13.9. The molecule has 176 valence electrons. The van der Waals surface area contributed by atoms with Gasteiger partial charge in [0.2, 0.25) is 5.82 Å². The lowest BCUT2D eigenvalue weighted by atomic mass is 9.99. The minimum absolute atomic E-state index is 0.0814. The smallest absolute Gasteiger partial charge is 0.308 e. The molecule has 0 amide bonds. The number of aromatic nitrogens is 2. The Morgan fingerprint density at radius 2 is 1.58 bits per heavy atom. The minimum atomic E-state index is -4.84. The lowest BCUT2D eigenvalue weighted by Gasteiger charge is -2.17.